The summed E-state index contributed by atoms with van der Waals surface area (Å²) in [5, 5.41) is 15.5. The summed E-state index contributed by atoms with van der Waals surface area (Å²) >= 11 is 0. The summed E-state index contributed by atoms with van der Waals surface area (Å²) in [6.45, 7) is 1.86. The van der Waals surface area contributed by atoms with E-state index in [0.717, 1.165) is 54.3 Å². The molecule has 0 unspecified atom stereocenters. The lowest BCUT2D eigenvalue weighted by atomic mass is 9.96. The zero-order valence-electron chi connectivity index (χ0n) is 16.8. The number of fused-ring (bicyclic) bond motifs is 2. The molecule has 0 atom stereocenters. The first kappa shape index (κ1) is 20.0. The summed E-state index contributed by atoms with van der Waals surface area (Å²) in [4.78, 5) is 14.4. The second-order valence-electron chi connectivity index (χ2n) is 8.26. The normalized spacial score (nSPS) is 17.8. The van der Waals surface area contributed by atoms with Gasteiger partial charge in [-0.1, -0.05) is 0 Å². The Hall–Kier alpha value is -2.98. The predicted molar refractivity (Wildman–Crippen MR) is 106 cm³/mol. The van der Waals surface area contributed by atoms with E-state index in [4.69, 9.17) is 0 Å². The van der Waals surface area contributed by atoms with Gasteiger partial charge in [0.15, 0.2) is 5.65 Å². The minimum atomic E-state index is -4.62. The van der Waals surface area contributed by atoms with Crippen LogP contribution in [0.1, 0.15) is 42.8 Å². The van der Waals surface area contributed by atoms with Crippen molar-refractivity contribution in [3.63, 3.8) is 0 Å². The van der Waals surface area contributed by atoms with Crippen LogP contribution in [0.3, 0.4) is 0 Å². The molecule has 0 aromatic carbocycles. The van der Waals surface area contributed by atoms with E-state index >= 15 is 0 Å². The van der Waals surface area contributed by atoms with Crippen LogP contribution in [0.2, 0.25) is 0 Å². The first-order valence-electron chi connectivity index (χ1n) is 10.5. The van der Waals surface area contributed by atoms with Crippen molar-refractivity contribution in [3.8, 4) is 0 Å². The molecule has 0 amide bonds. The van der Waals surface area contributed by atoms with Gasteiger partial charge >= 0.3 is 6.18 Å². The van der Waals surface area contributed by atoms with E-state index in [0.29, 0.717) is 25.5 Å². The van der Waals surface area contributed by atoms with Gasteiger partial charge in [0.25, 0.3) is 11.4 Å². The lowest BCUT2D eigenvalue weighted by molar-refractivity contribution is -0.146. The number of halogens is 3. The SMILES string of the molecule is O=c1cc2c(nn1CC1CCN(c3ccc4nnc(C(F)(F)F)n4n3)CC1)CCCC2. The van der Waals surface area contributed by atoms with E-state index in [1.165, 1.54) is 6.07 Å². The smallest absolute Gasteiger partial charge is 0.355 e. The third-order valence-corrected chi connectivity index (χ3v) is 6.15. The van der Waals surface area contributed by atoms with Gasteiger partial charge in [0.05, 0.1) is 5.69 Å². The van der Waals surface area contributed by atoms with Crippen molar-refractivity contribution < 1.29 is 13.2 Å². The Morgan fingerprint density at radius 3 is 2.58 bits per heavy atom. The number of rotatable bonds is 3. The van der Waals surface area contributed by atoms with E-state index in [1.54, 1.807) is 16.8 Å². The van der Waals surface area contributed by atoms with Gasteiger partial charge in [0, 0.05) is 25.7 Å². The largest absolute Gasteiger partial charge is 0.453 e. The highest BCUT2D eigenvalue weighted by Gasteiger charge is 2.38. The molecular formula is C20H22F3N7O. The van der Waals surface area contributed by atoms with Gasteiger partial charge in [-0.3, -0.25) is 4.79 Å². The molecule has 0 radical (unpaired) electrons. The average Bonchev–Trinajstić information content (AvgIpc) is 3.19. The molecule has 0 N–H and O–H groups in total. The molecule has 164 valence electrons. The van der Waals surface area contributed by atoms with Crippen molar-refractivity contribution in [3.05, 3.63) is 45.6 Å². The number of hydrogen-bond donors (Lipinski definition) is 0. The maximum Gasteiger partial charge on any atom is 0.453 e. The maximum absolute atomic E-state index is 13.1. The van der Waals surface area contributed by atoms with Crippen LogP contribution in [0.15, 0.2) is 23.0 Å². The van der Waals surface area contributed by atoms with Crippen LogP contribution in [-0.2, 0) is 25.6 Å². The van der Waals surface area contributed by atoms with E-state index in [1.807, 2.05) is 4.90 Å². The molecule has 1 aliphatic heterocycles. The fourth-order valence-electron chi connectivity index (χ4n) is 4.45. The molecule has 3 aromatic heterocycles. The van der Waals surface area contributed by atoms with E-state index in [2.05, 4.69) is 20.4 Å². The first-order valence-corrected chi connectivity index (χ1v) is 10.5. The molecule has 3 aromatic rings. The highest BCUT2D eigenvalue weighted by molar-refractivity contribution is 5.46. The molecular weight excluding hydrogens is 411 g/mol. The fourth-order valence-corrected chi connectivity index (χ4v) is 4.45. The Morgan fingerprint density at radius 2 is 1.81 bits per heavy atom. The summed E-state index contributed by atoms with van der Waals surface area (Å²) in [7, 11) is 0. The van der Waals surface area contributed by atoms with Crippen LogP contribution in [0.5, 0.6) is 0 Å². The highest BCUT2D eigenvalue weighted by Crippen LogP contribution is 2.29. The zero-order chi connectivity index (χ0) is 21.6. The van der Waals surface area contributed by atoms with E-state index < -0.39 is 12.0 Å². The monoisotopic (exact) mass is 433 g/mol. The number of alkyl halides is 3. The zero-order valence-corrected chi connectivity index (χ0v) is 16.8. The van der Waals surface area contributed by atoms with E-state index in [-0.39, 0.29) is 17.1 Å². The molecule has 5 rings (SSSR count). The van der Waals surface area contributed by atoms with Crippen molar-refractivity contribution in [2.75, 3.05) is 18.0 Å². The lowest BCUT2D eigenvalue weighted by Gasteiger charge is -2.32. The van der Waals surface area contributed by atoms with Crippen LogP contribution in [0.25, 0.3) is 5.65 Å². The third kappa shape index (κ3) is 3.88. The highest BCUT2D eigenvalue weighted by atomic mass is 19.4. The average molecular weight is 433 g/mol. The van der Waals surface area contributed by atoms with Gasteiger partial charge in [-0.25, -0.2) is 4.68 Å². The van der Waals surface area contributed by atoms with Crippen molar-refractivity contribution in [1.82, 2.24) is 29.6 Å². The molecule has 1 saturated heterocycles. The second-order valence-corrected chi connectivity index (χ2v) is 8.26. The topological polar surface area (TPSA) is 81.2 Å². The van der Waals surface area contributed by atoms with Crippen molar-refractivity contribution in [2.45, 2.75) is 51.2 Å². The number of aromatic nitrogens is 6. The minimum absolute atomic E-state index is 0.0533. The van der Waals surface area contributed by atoms with Crippen LogP contribution >= 0.6 is 0 Å². The quantitative estimate of drug-likeness (QED) is 0.631. The summed E-state index contributed by atoms with van der Waals surface area (Å²) in [5.41, 5.74) is 2.12. The summed E-state index contributed by atoms with van der Waals surface area (Å²) in [5.74, 6) is -0.384. The lowest BCUT2D eigenvalue weighted by Crippen LogP contribution is -2.38. The molecule has 0 bridgehead atoms. The maximum atomic E-state index is 13.1. The number of aryl methyl sites for hydroxylation is 2. The number of nitrogens with zero attached hydrogens (tertiary/aromatic N) is 7. The third-order valence-electron chi connectivity index (χ3n) is 6.15. The summed E-state index contributed by atoms with van der Waals surface area (Å²) in [6, 6.07) is 4.89. The molecule has 8 nitrogen and oxygen atoms in total. The first-order chi connectivity index (χ1) is 14.9. The number of hydrogen-bond acceptors (Lipinski definition) is 6. The molecule has 0 spiro atoms. The standard InChI is InChI=1S/C20H22F3N7O/c21-20(22,23)19-25-24-16-5-6-17(27-30(16)19)28-9-7-13(8-10-28)12-29-18(31)11-14-3-1-2-4-15(14)26-29/h5-6,11,13H,1-4,7-10,12H2. The van der Waals surface area contributed by atoms with Gasteiger partial charge < -0.3 is 4.90 Å². The summed E-state index contributed by atoms with van der Waals surface area (Å²) < 4.78 is 41.7. The second kappa shape index (κ2) is 7.61. The fraction of sp³-hybridized carbons (Fsp3) is 0.550. The molecule has 0 saturated carbocycles. The Kier molecular flexibility index (Phi) is 4.90. The Morgan fingerprint density at radius 1 is 1.03 bits per heavy atom. The molecule has 2 aliphatic rings. The molecule has 31 heavy (non-hydrogen) atoms. The van der Waals surface area contributed by atoms with Gasteiger partial charge in [0.1, 0.15) is 5.82 Å². The molecule has 1 fully saturated rings. The van der Waals surface area contributed by atoms with Crippen LogP contribution < -0.4 is 10.5 Å². The van der Waals surface area contributed by atoms with Gasteiger partial charge in [-0.05, 0) is 62.1 Å². The Balaban J connectivity index is 1.28. The van der Waals surface area contributed by atoms with Crippen molar-refractivity contribution in [1.29, 1.82) is 0 Å². The predicted octanol–water partition coefficient (Wildman–Crippen LogP) is 2.50. The van der Waals surface area contributed by atoms with Crippen LogP contribution in [0, 0.1) is 5.92 Å². The van der Waals surface area contributed by atoms with Gasteiger partial charge in [-0.15, -0.1) is 15.3 Å². The molecule has 1 aliphatic carbocycles. The Labute approximate surface area is 175 Å². The molecule has 4 heterocycles. The minimum Gasteiger partial charge on any atom is -0.355 e. The van der Waals surface area contributed by atoms with Crippen molar-refractivity contribution in [2.24, 2.45) is 5.92 Å². The van der Waals surface area contributed by atoms with Gasteiger partial charge in [0.2, 0.25) is 0 Å². The number of piperidine rings is 1. The van der Waals surface area contributed by atoms with Crippen LogP contribution in [0.4, 0.5) is 19.0 Å². The van der Waals surface area contributed by atoms with Crippen molar-refractivity contribution >= 4 is 11.5 Å². The Bertz CT molecular complexity index is 1160. The van der Waals surface area contributed by atoms with Crippen LogP contribution in [-0.4, -0.2) is 42.7 Å². The van der Waals surface area contributed by atoms with Gasteiger partial charge in [-0.2, -0.15) is 22.8 Å². The molecule has 11 heteroatoms. The number of anilines is 1. The summed E-state index contributed by atoms with van der Waals surface area (Å²) in [6.07, 6.45) is 1.06. The van der Waals surface area contributed by atoms with E-state index in [9.17, 15) is 18.0 Å².